The van der Waals surface area contributed by atoms with Crippen molar-refractivity contribution in [2.45, 2.75) is 49.5 Å². The van der Waals surface area contributed by atoms with Crippen LogP contribution in [0.3, 0.4) is 0 Å². The number of nitrogens with zero attached hydrogens (tertiary/aromatic N) is 1. The van der Waals surface area contributed by atoms with Gasteiger partial charge in [-0.25, -0.2) is 13.2 Å². The summed E-state index contributed by atoms with van der Waals surface area (Å²) < 4.78 is 37.9. The molecule has 0 bridgehead atoms. The molecular formula is C19H26N2O6S. The molecule has 0 radical (unpaired) electrons. The number of methoxy groups -OCH3 is 1. The Hall–Kier alpha value is -2.13. The van der Waals surface area contributed by atoms with Gasteiger partial charge in [0.05, 0.1) is 12.7 Å². The first-order valence-corrected chi connectivity index (χ1v) is 11.0. The molecule has 0 atom stereocenters. The van der Waals surface area contributed by atoms with Crippen molar-refractivity contribution in [3.05, 3.63) is 23.8 Å². The van der Waals surface area contributed by atoms with E-state index in [1.54, 1.807) is 0 Å². The van der Waals surface area contributed by atoms with E-state index in [0.717, 1.165) is 38.5 Å². The summed E-state index contributed by atoms with van der Waals surface area (Å²) in [5.74, 6) is -0.935. The number of nitrogens with one attached hydrogen (secondary N) is 1. The first-order chi connectivity index (χ1) is 13.4. The number of carbonyl (C=O) groups is 2. The Labute approximate surface area is 165 Å². The first-order valence-electron chi connectivity index (χ1n) is 9.56. The smallest absolute Gasteiger partial charge is 0.338 e. The predicted molar refractivity (Wildman–Crippen MR) is 102 cm³/mol. The van der Waals surface area contributed by atoms with Crippen LogP contribution >= 0.6 is 0 Å². The molecule has 1 saturated carbocycles. The molecule has 0 aromatic heterocycles. The molecule has 28 heavy (non-hydrogen) atoms. The van der Waals surface area contributed by atoms with Crippen LogP contribution in [-0.4, -0.2) is 57.4 Å². The van der Waals surface area contributed by atoms with E-state index in [-0.39, 0.29) is 28.2 Å². The number of esters is 1. The van der Waals surface area contributed by atoms with E-state index in [2.05, 4.69) is 5.32 Å². The lowest BCUT2D eigenvalue weighted by Crippen LogP contribution is -2.32. The number of benzene rings is 1. The average molecular weight is 410 g/mol. The Morgan fingerprint density at radius 1 is 1.14 bits per heavy atom. The molecular weight excluding hydrogens is 384 g/mol. The van der Waals surface area contributed by atoms with Crippen LogP contribution in [0.5, 0.6) is 5.75 Å². The third-order valence-corrected chi connectivity index (χ3v) is 6.78. The van der Waals surface area contributed by atoms with Crippen molar-refractivity contribution < 1.29 is 27.5 Å². The van der Waals surface area contributed by atoms with Crippen LogP contribution in [0, 0.1) is 0 Å². The molecule has 1 amide bonds. The monoisotopic (exact) mass is 410 g/mol. The lowest BCUT2D eigenvalue weighted by Gasteiger charge is -2.21. The highest BCUT2D eigenvalue weighted by molar-refractivity contribution is 7.89. The molecule has 1 aliphatic heterocycles. The van der Waals surface area contributed by atoms with Crippen LogP contribution in [0.25, 0.3) is 0 Å². The fraction of sp³-hybridized carbons (Fsp3) is 0.579. The minimum atomic E-state index is -3.80. The third kappa shape index (κ3) is 5.02. The normalized spacial score (nSPS) is 18.2. The molecule has 0 unspecified atom stereocenters. The van der Waals surface area contributed by atoms with Crippen molar-refractivity contribution in [1.82, 2.24) is 9.62 Å². The minimum absolute atomic E-state index is 0.0613. The van der Waals surface area contributed by atoms with E-state index in [4.69, 9.17) is 9.47 Å². The molecule has 1 aromatic rings. The Kier molecular flexibility index (Phi) is 6.56. The van der Waals surface area contributed by atoms with Crippen LogP contribution < -0.4 is 10.1 Å². The van der Waals surface area contributed by atoms with E-state index in [9.17, 15) is 18.0 Å². The predicted octanol–water partition coefficient (Wildman–Crippen LogP) is 1.70. The van der Waals surface area contributed by atoms with Gasteiger partial charge in [-0.3, -0.25) is 4.79 Å². The third-order valence-electron chi connectivity index (χ3n) is 4.86. The summed E-state index contributed by atoms with van der Waals surface area (Å²) in [5.41, 5.74) is 0.0634. The van der Waals surface area contributed by atoms with E-state index in [1.807, 2.05) is 0 Å². The second kappa shape index (κ2) is 8.91. The molecule has 1 aromatic carbocycles. The molecule has 1 saturated heterocycles. The number of amides is 1. The van der Waals surface area contributed by atoms with Gasteiger partial charge in [-0.2, -0.15) is 4.31 Å². The van der Waals surface area contributed by atoms with Crippen molar-refractivity contribution in [1.29, 1.82) is 0 Å². The summed E-state index contributed by atoms with van der Waals surface area (Å²) in [4.78, 5) is 23.9. The topological polar surface area (TPSA) is 102 Å². The highest BCUT2D eigenvalue weighted by Gasteiger charge is 2.29. The summed E-state index contributed by atoms with van der Waals surface area (Å²) in [5, 5.41) is 2.72. The van der Waals surface area contributed by atoms with Crippen molar-refractivity contribution in [2.75, 3.05) is 26.8 Å². The molecule has 0 spiro atoms. The maximum absolute atomic E-state index is 13.1. The van der Waals surface area contributed by atoms with Crippen molar-refractivity contribution >= 4 is 21.9 Å². The van der Waals surface area contributed by atoms with Gasteiger partial charge in [-0.1, -0.05) is 12.8 Å². The number of rotatable bonds is 7. The van der Waals surface area contributed by atoms with Crippen molar-refractivity contribution in [3.63, 3.8) is 0 Å². The van der Waals surface area contributed by atoms with Crippen molar-refractivity contribution in [3.8, 4) is 5.75 Å². The van der Waals surface area contributed by atoms with Gasteiger partial charge in [-0.15, -0.1) is 0 Å². The second-order valence-corrected chi connectivity index (χ2v) is 9.01. The van der Waals surface area contributed by atoms with Crippen LogP contribution in [0.15, 0.2) is 23.1 Å². The fourth-order valence-electron chi connectivity index (χ4n) is 3.14. The molecule has 1 aliphatic carbocycles. The van der Waals surface area contributed by atoms with Crippen LogP contribution in [0.4, 0.5) is 0 Å². The maximum Gasteiger partial charge on any atom is 0.338 e. The van der Waals surface area contributed by atoms with Crippen LogP contribution in [0.1, 0.15) is 48.9 Å². The maximum atomic E-state index is 13.1. The molecule has 9 heteroatoms. The van der Waals surface area contributed by atoms with Gasteiger partial charge in [0.2, 0.25) is 10.0 Å². The number of ether oxygens (including phenoxy) is 2. The van der Waals surface area contributed by atoms with Crippen LogP contribution in [-0.2, 0) is 19.6 Å². The SMILES string of the molecule is COc1ccc(C(=O)OCC(=O)NC2CC2)cc1S(=O)(=O)N1CCCCCC1. The Bertz CT molecular complexity index is 827. The van der Waals surface area contributed by atoms with Gasteiger partial charge in [0.1, 0.15) is 10.6 Å². The minimum Gasteiger partial charge on any atom is -0.495 e. The zero-order valence-electron chi connectivity index (χ0n) is 16.0. The molecule has 2 fully saturated rings. The van der Waals surface area contributed by atoms with Gasteiger partial charge in [0, 0.05) is 19.1 Å². The summed E-state index contributed by atoms with van der Waals surface area (Å²) in [6.45, 7) is 0.499. The van der Waals surface area contributed by atoms with Crippen molar-refractivity contribution in [2.24, 2.45) is 0 Å². The zero-order valence-corrected chi connectivity index (χ0v) is 16.8. The second-order valence-electron chi connectivity index (χ2n) is 7.10. The molecule has 3 rings (SSSR count). The molecule has 1 N–H and O–H groups in total. The Morgan fingerprint density at radius 3 is 2.43 bits per heavy atom. The zero-order chi connectivity index (χ0) is 20.1. The standard InChI is InChI=1S/C19H26N2O6S/c1-26-16-9-6-14(19(23)27-13-18(22)20-15-7-8-15)12-17(16)28(24,25)21-10-4-2-3-5-11-21/h6,9,12,15H,2-5,7-8,10-11,13H2,1H3,(H,20,22). The van der Waals surface area contributed by atoms with E-state index in [1.165, 1.54) is 29.6 Å². The Balaban J connectivity index is 1.76. The van der Waals surface area contributed by atoms with Gasteiger partial charge >= 0.3 is 5.97 Å². The molecule has 2 aliphatic rings. The molecule has 8 nitrogen and oxygen atoms in total. The lowest BCUT2D eigenvalue weighted by molar-refractivity contribution is -0.124. The lowest BCUT2D eigenvalue weighted by atomic mass is 10.2. The summed E-state index contributed by atoms with van der Waals surface area (Å²) in [7, 11) is -2.42. The number of hydrogen-bond acceptors (Lipinski definition) is 6. The van der Waals surface area contributed by atoms with Crippen LogP contribution in [0.2, 0.25) is 0 Å². The number of hydrogen-bond donors (Lipinski definition) is 1. The van der Waals surface area contributed by atoms with E-state index < -0.39 is 22.6 Å². The van der Waals surface area contributed by atoms with Gasteiger partial charge in [-0.05, 0) is 43.9 Å². The quantitative estimate of drug-likeness (QED) is 0.687. The molecule has 1 heterocycles. The highest BCUT2D eigenvalue weighted by Crippen LogP contribution is 2.29. The summed E-state index contributed by atoms with van der Waals surface area (Å²) >= 11 is 0. The molecule has 154 valence electrons. The van der Waals surface area contributed by atoms with E-state index in [0.29, 0.717) is 13.1 Å². The highest BCUT2D eigenvalue weighted by atomic mass is 32.2. The van der Waals surface area contributed by atoms with E-state index >= 15 is 0 Å². The largest absolute Gasteiger partial charge is 0.495 e. The van der Waals surface area contributed by atoms with Gasteiger partial charge < -0.3 is 14.8 Å². The Morgan fingerprint density at radius 2 is 1.82 bits per heavy atom. The summed E-state index contributed by atoms with van der Waals surface area (Å²) in [6, 6.07) is 4.31. The van der Waals surface area contributed by atoms with Gasteiger partial charge in [0.25, 0.3) is 5.91 Å². The van der Waals surface area contributed by atoms with Gasteiger partial charge in [0.15, 0.2) is 6.61 Å². The summed E-state index contributed by atoms with van der Waals surface area (Å²) in [6.07, 6.45) is 5.49. The fourth-order valence-corrected chi connectivity index (χ4v) is 4.84. The number of carbonyl (C=O) groups excluding carboxylic acids is 2. The average Bonchev–Trinajstić information content (AvgIpc) is 3.52. The number of sulfonamides is 1. The first kappa shape index (κ1) is 20.6.